The fourth-order valence-corrected chi connectivity index (χ4v) is 3.37. The van der Waals surface area contributed by atoms with E-state index in [4.69, 9.17) is 0 Å². The number of nitrogens with zero attached hydrogens (tertiary/aromatic N) is 1. The van der Waals surface area contributed by atoms with Gasteiger partial charge in [0.25, 0.3) is 0 Å². The van der Waals surface area contributed by atoms with Crippen molar-refractivity contribution in [3.63, 3.8) is 0 Å². The molecule has 2 heterocycles. The third kappa shape index (κ3) is 2.06. The van der Waals surface area contributed by atoms with E-state index in [1.807, 2.05) is 0 Å². The summed E-state index contributed by atoms with van der Waals surface area (Å²) in [5.74, 6) is 0.856. The molecule has 2 aliphatic heterocycles. The molecule has 1 fully saturated rings. The summed E-state index contributed by atoms with van der Waals surface area (Å²) in [6.07, 6.45) is 2.54. The van der Waals surface area contributed by atoms with Crippen LogP contribution in [0, 0.1) is 5.92 Å². The Morgan fingerprint density at radius 2 is 2.24 bits per heavy atom. The minimum atomic E-state index is 0.738. The maximum absolute atomic E-state index is 3.54. The van der Waals surface area contributed by atoms with Crippen LogP contribution in [0.25, 0.3) is 0 Å². The van der Waals surface area contributed by atoms with E-state index in [2.05, 4.69) is 42.3 Å². The summed E-state index contributed by atoms with van der Waals surface area (Å²) < 4.78 is 0. The van der Waals surface area contributed by atoms with Crippen molar-refractivity contribution in [2.45, 2.75) is 39.3 Å². The van der Waals surface area contributed by atoms with E-state index < -0.39 is 0 Å². The fourth-order valence-electron chi connectivity index (χ4n) is 3.37. The van der Waals surface area contributed by atoms with Crippen molar-refractivity contribution in [2.24, 2.45) is 5.92 Å². The zero-order valence-electron chi connectivity index (χ0n) is 10.9. The molecular weight excluding hydrogens is 208 g/mol. The molecule has 17 heavy (non-hydrogen) atoms. The maximum Gasteiger partial charge on any atom is 0.0419 e. The lowest BCUT2D eigenvalue weighted by Crippen LogP contribution is -2.26. The second-order valence-electron chi connectivity index (χ2n) is 5.75. The lowest BCUT2D eigenvalue weighted by molar-refractivity contribution is 0.257. The van der Waals surface area contributed by atoms with Crippen LogP contribution in [0.15, 0.2) is 18.2 Å². The SMILES string of the molecule is CC1CC(C)N(Cc2cccc3c2NCC3)C1. The monoisotopic (exact) mass is 230 g/mol. The number of hydrogen-bond donors (Lipinski definition) is 1. The van der Waals surface area contributed by atoms with Gasteiger partial charge in [0, 0.05) is 31.4 Å². The molecule has 2 unspecified atom stereocenters. The molecule has 0 spiro atoms. The number of anilines is 1. The Kier molecular flexibility index (Phi) is 2.83. The van der Waals surface area contributed by atoms with Crippen LogP contribution in [0.2, 0.25) is 0 Å². The largest absolute Gasteiger partial charge is 0.384 e. The van der Waals surface area contributed by atoms with Crippen LogP contribution in [-0.2, 0) is 13.0 Å². The Morgan fingerprint density at radius 3 is 3.00 bits per heavy atom. The first-order valence-corrected chi connectivity index (χ1v) is 6.82. The van der Waals surface area contributed by atoms with Gasteiger partial charge in [0.1, 0.15) is 0 Å². The second-order valence-corrected chi connectivity index (χ2v) is 5.75. The molecule has 92 valence electrons. The number of fused-ring (bicyclic) bond motifs is 1. The number of benzene rings is 1. The molecule has 0 bridgehead atoms. The van der Waals surface area contributed by atoms with Crippen LogP contribution in [0.5, 0.6) is 0 Å². The van der Waals surface area contributed by atoms with Crippen LogP contribution in [-0.4, -0.2) is 24.0 Å². The molecule has 2 heteroatoms. The third-order valence-electron chi connectivity index (χ3n) is 4.22. The summed E-state index contributed by atoms with van der Waals surface area (Å²) >= 11 is 0. The van der Waals surface area contributed by atoms with E-state index >= 15 is 0 Å². The first kappa shape index (κ1) is 11.1. The number of para-hydroxylation sites is 1. The van der Waals surface area contributed by atoms with Gasteiger partial charge in [0.15, 0.2) is 0 Å². The van der Waals surface area contributed by atoms with Gasteiger partial charge in [-0.2, -0.15) is 0 Å². The van der Waals surface area contributed by atoms with Gasteiger partial charge < -0.3 is 5.32 Å². The van der Waals surface area contributed by atoms with Gasteiger partial charge >= 0.3 is 0 Å². The van der Waals surface area contributed by atoms with Gasteiger partial charge in [-0.05, 0) is 36.8 Å². The predicted molar refractivity (Wildman–Crippen MR) is 72.3 cm³/mol. The van der Waals surface area contributed by atoms with E-state index in [0.29, 0.717) is 0 Å². The van der Waals surface area contributed by atoms with E-state index in [1.165, 1.54) is 36.2 Å². The number of hydrogen-bond acceptors (Lipinski definition) is 2. The average Bonchev–Trinajstić information content (AvgIpc) is 2.87. The van der Waals surface area contributed by atoms with E-state index in [-0.39, 0.29) is 0 Å². The molecule has 2 aliphatic rings. The summed E-state index contributed by atoms with van der Waals surface area (Å²) in [6, 6.07) is 7.50. The first-order chi connectivity index (χ1) is 8.24. The van der Waals surface area contributed by atoms with Gasteiger partial charge in [0.05, 0.1) is 0 Å². The lowest BCUT2D eigenvalue weighted by atomic mass is 10.1. The predicted octanol–water partition coefficient (Wildman–Crippen LogP) is 2.88. The summed E-state index contributed by atoms with van der Waals surface area (Å²) in [5.41, 5.74) is 4.41. The molecule has 0 saturated carbocycles. The van der Waals surface area contributed by atoms with E-state index in [0.717, 1.165) is 25.0 Å². The van der Waals surface area contributed by atoms with Gasteiger partial charge in [0.2, 0.25) is 0 Å². The number of nitrogens with one attached hydrogen (secondary N) is 1. The zero-order chi connectivity index (χ0) is 11.8. The van der Waals surface area contributed by atoms with Crippen LogP contribution in [0.4, 0.5) is 5.69 Å². The Labute approximate surface area is 104 Å². The van der Waals surface area contributed by atoms with Crippen molar-refractivity contribution >= 4 is 5.69 Å². The van der Waals surface area contributed by atoms with Crippen molar-refractivity contribution in [1.82, 2.24) is 4.90 Å². The quantitative estimate of drug-likeness (QED) is 0.840. The molecule has 3 rings (SSSR count). The number of likely N-dealkylation sites (tertiary alicyclic amines) is 1. The highest BCUT2D eigenvalue weighted by atomic mass is 15.2. The van der Waals surface area contributed by atoms with Crippen molar-refractivity contribution < 1.29 is 0 Å². The lowest BCUT2D eigenvalue weighted by Gasteiger charge is -2.22. The smallest absolute Gasteiger partial charge is 0.0419 e. The van der Waals surface area contributed by atoms with Crippen molar-refractivity contribution in [3.05, 3.63) is 29.3 Å². The van der Waals surface area contributed by atoms with E-state index in [1.54, 1.807) is 0 Å². The number of rotatable bonds is 2. The molecule has 0 radical (unpaired) electrons. The summed E-state index contributed by atoms with van der Waals surface area (Å²) in [6.45, 7) is 8.20. The Morgan fingerprint density at radius 1 is 1.35 bits per heavy atom. The molecule has 1 aromatic carbocycles. The van der Waals surface area contributed by atoms with Gasteiger partial charge in [-0.15, -0.1) is 0 Å². The summed E-state index contributed by atoms with van der Waals surface area (Å²) in [7, 11) is 0. The molecule has 0 aliphatic carbocycles. The Balaban J connectivity index is 1.80. The molecule has 1 aromatic rings. The van der Waals surface area contributed by atoms with E-state index in [9.17, 15) is 0 Å². The summed E-state index contributed by atoms with van der Waals surface area (Å²) in [5, 5.41) is 3.54. The highest BCUT2D eigenvalue weighted by Crippen LogP contribution is 2.30. The molecule has 2 atom stereocenters. The van der Waals surface area contributed by atoms with Crippen LogP contribution in [0.1, 0.15) is 31.4 Å². The molecule has 0 aromatic heterocycles. The Bertz CT molecular complexity index is 413. The Hall–Kier alpha value is -1.02. The minimum absolute atomic E-state index is 0.738. The first-order valence-electron chi connectivity index (χ1n) is 6.82. The van der Waals surface area contributed by atoms with Crippen LogP contribution < -0.4 is 5.32 Å². The molecule has 1 N–H and O–H groups in total. The highest BCUT2D eigenvalue weighted by Gasteiger charge is 2.27. The highest BCUT2D eigenvalue weighted by molar-refractivity contribution is 5.61. The zero-order valence-corrected chi connectivity index (χ0v) is 10.9. The van der Waals surface area contributed by atoms with Crippen LogP contribution >= 0.6 is 0 Å². The van der Waals surface area contributed by atoms with Crippen molar-refractivity contribution in [3.8, 4) is 0 Å². The third-order valence-corrected chi connectivity index (χ3v) is 4.22. The molecule has 2 nitrogen and oxygen atoms in total. The summed E-state index contributed by atoms with van der Waals surface area (Å²) in [4.78, 5) is 2.63. The van der Waals surface area contributed by atoms with Crippen molar-refractivity contribution in [1.29, 1.82) is 0 Å². The fraction of sp³-hybridized carbons (Fsp3) is 0.600. The van der Waals surface area contributed by atoms with Gasteiger partial charge in [-0.25, -0.2) is 0 Å². The maximum atomic E-state index is 3.54. The second kappa shape index (κ2) is 4.34. The normalized spacial score (nSPS) is 28.1. The van der Waals surface area contributed by atoms with Gasteiger partial charge in [-0.3, -0.25) is 4.90 Å². The van der Waals surface area contributed by atoms with Crippen molar-refractivity contribution in [2.75, 3.05) is 18.4 Å². The topological polar surface area (TPSA) is 15.3 Å². The average molecular weight is 230 g/mol. The molecular formula is C15H22N2. The molecule has 0 amide bonds. The minimum Gasteiger partial charge on any atom is -0.384 e. The standard InChI is InChI=1S/C15H22N2/c1-11-8-12(2)17(9-11)10-14-5-3-4-13-6-7-16-15(13)14/h3-5,11-12,16H,6-10H2,1-2H3. The van der Waals surface area contributed by atoms with Crippen LogP contribution in [0.3, 0.4) is 0 Å². The molecule has 1 saturated heterocycles. The van der Waals surface area contributed by atoms with Gasteiger partial charge in [-0.1, -0.05) is 25.1 Å².